The van der Waals surface area contributed by atoms with Crippen molar-refractivity contribution < 1.29 is 0 Å². The van der Waals surface area contributed by atoms with Crippen LogP contribution in [0.25, 0.3) is 16.6 Å². The Bertz CT molecular complexity index is 761. The number of halogens is 1. The molecule has 0 spiro atoms. The Morgan fingerprint density at radius 2 is 2.11 bits per heavy atom. The zero-order valence-corrected chi connectivity index (χ0v) is 10.9. The third kappa shape index (κ3) is 1.88. The van der Waals surface area contributed by atoms with E-state index in [0.29, 0.717) is 10.9 Å². The molecule has 4 nitrogen and oxygen atoms in total. The van der Waals surface area contributed by atoms with Crippen molar-refractivity contribution in [2.24, 2.45) is 0 Å². The zero-order valence-electron chi connectivity index (χ0n) is 10.1. The lowest BCUT2D eigenvalue weighted by Gasteiger charge is -2.05. The first-order valence-corrected chi connectivity index (χ1v) is 6.66. The van der Waals surface area contributed by atoms with Gasteiger partial charge < -0.3 is 0 Å². The van der Waals surface area contributed by atoms with Crippen LogP contribution in [0.4, 0.5) is 0 Å². The van der Waals surface area contributed by atoms with Crippen molar-refractivity contribution in [3.8, 4) is 5.69 Å². The topological polar surface area (TPSA) is 43.6 Å². The predicted octanol–water partition coefficient (Wildman–Crippen LogP) is 3.35. The third-order valence-corrected chi connectivity index (χ3v) is 3.67. The summed E-state index contributed by atoms with van der Waals surface area (Å²) in [5.74, 6) is 0.608. The number of aromatic nitrogens is 4. The molecule has 1 fully saturated rings. The molecule has 0 amide bonds. The summed E-state index contributed by atoms with van der Waals surface area (Å²) in [6, 6.07) is 7.65. The number of benzene rings is 1. The minimum atomic E-state index is 0.608. The molecule has 0 unspecified atom stereocenters. The van der Waals surface area contributed by atoms with E-state index in [9.17, 15) is 0 Å². The van der Waals surface area contributed by atoms with Crippen LogP contribution in [-0.4, -0.2) is 20.0 Å². The third-order valence-electron chi connectivity index (χ3n) is 3.44. The number of nitrogens with zero attached hydrogens (tertiary/aromatic N) is 4. The maximum absolute atomic E-state index is 6.00. The molecule has 2 heterocycles. The molecule has 0 radical (unpaired) electrons. The van der Waals surface area contributed by atoms with Crippen molar-refractivity contribution in [3.05, 3.63) is 47.4 Å². The van der Waals surface area contributed by atoms with Gasteiger partial charge in [0.2, 0.25) is 0 Å². The van der Waals surface area contributed by atoms with E-state index in [4.69, 9.17) is 11.6 Å². The maximum Gasteiger partial charge on any atom is 0.0862 e. The highest BCUT2D eigenvalue weighted by molar-refractivity contribution is 6.31. The Labute approximate surface area is 115 Å². The second-order valence-corrected chi connectivity index (χ2v) is 5.29. The summed E-state index contributed by atoms with van der Waals surface area (Å²) in [6.45, 7) is 0. The summed E-state index contributed by atoms with van der Waals surface area (Å²) in [5.41, 5.74) is 2.94. The van der Waals surface area contributed by atoms with Gasteiger partial charge in [-0.1, -0.05) is 16.8 Å². The molecule has 0 N–H and O–H groups in total. The number of hydrogen-bond acceptors (Lipinski definition) is 3. The van der Waals surface area contributed by atoms with Crippen molar-refractivity contribution in [2.75, 3.05) is 0 Å². The van der Waals surface area contributed by atoms with Crippen LogP contribution in [0.5, 0.6) is 0 Å². The first kappa shape index (κ1) is 10.9. The van der Waals surface area contributed by atoms with Crippen LogP contribution in [0.15, 0.2) is 36.7 Å². The average Bonchev–Trinajstić information content (AvgIpc) is 3.16. The monoisotopic (exact) mass is 270 g/mol. The summed E-state index contributed by atoms with van der Waals surface area (Å²) in [6.07, 6.45) is 6.24. The molecule has 4 rings (SSSR count). The highest BCUT2D eigenvalue weighted by Crippen LogP contribution is 2.38. The molecule has 2 aromatic heterocycles. The Balaban J connectivity index is 1.88. The van der Waals surface area contributed by atoms with Gasteiger partial charge in [-0.3, -0.25) is 4.98 Å². The van der Waals surface area contributed by atoms with Crippen LogP contribution in [0.1, 0.15) is 24.5 Å². The number of pyridine rings is 1. The van der Waals surface area contributed by atoms with E-state index in [1.807, 2.05) is 35.1 Å². The van der Waals surface area contributed by atoms with Crippen molar-refractivity contribution in [1.29, 1.82) is 0 Å². The lowest BCUT2D eigenvalue weighted by atomic mass is 10.2. The lowest BCUT2D eigenvalue weighted by Crippen LogP contribution is -1.97. The van der Waals surface area contributed by atoms with Gasteiger partial charge in [-0.05, 0) is 37.1 Å². The fourth-order valence-corrected chi connectivity index (χ4v) is 2.43. The van der Waals surface area contributed by atoms with Crippen LogP contribution in [0.3, 0.4) is 0 Å². The molecule has 0 bridgehead atoms. The first-order chi connectivity index (χ1) is 9.31. The highest BCUT2D eigenvalue weighted by Gasteiger charge is 2.26. The van der Waals surface area contributed by atoms with Crippen molar-refractivity contribution in [2.45, 2.75) is 18.8 Å². The van der Waals surface area contributed by atoms with E-state index < -0.39 is 0 Å². The molecule has 19 heavy (non-hydrogen) atoms. The minimum Gasteiger partial charge on any atom is -0.256 e. The van der Waals surface area contributed by atoms with Gasteiger partial charge in [-0.25, -0.2) is 4.68 Å². The molecule has 1 saturated carbocycles. The lowest BCUT2D eigenvalue weighted by molar-refractivity contribution is 0.801. The quantitative estimate of drug-likeness (QED) is 0.717. The van der Waals surface area contributed by atoms with Crippen LogP contribution < -0.4 is 0 Å². The van der Waals surface area contributed by atoms with E-state index in [0.717, 1.165) is 22.3 Å². The Kier molecular flexibility index (Phi) is 2.32. The summed E-state index contributed by atoms with van der Waals surface area (Å²) in [7, 11) is 0. The second kappa shape index (κ2) is 4.03. The SMILES string of the molecule is Clc1ccc2c(-n3cc(C4CC4)nn3)ccnc2c1. The van der Waals surface area contributed by atoms with Gasteiger partial charge in [-0.2, -0.15) is 0 Å². The van der Waals surface area contributed by atoms with Crippen molar-refractivity contribution in [3.63, 3.8) is 0 Å². The number of hydrogen-bond donors (Lipinski definition) is 0. The fraction of sp³-hybridized carbons (Fsp3) is 0.214. The second-order valence-electron chi connectivity index (χ2n) is 4.85. The van der Waals surface area contributed by atoms with Crippen LogP contribution in [0.2, 0.25) is 5.02 Å². The van der Waals surface area contributed by atoms with E-state index in [-0.39, 0.29) is 0 Å². The van der Waals surface area contributed by atoms with E-state index in [1.165, 1.54) is 12.8 Å². The van der Waals surface area contributed by atoms with Crippen LogP contribution in [0, 0.1) is 0 Å². The molecule has 1 aliphatic rings. The summed E-state index contributed by atoms with van der Waals surface area (Å²) < 4.78 is 1.82. The van der Waals surface area contributed by atoms with E-state index in [1.54, 1.807) is 6.20 Å². The molecule has 0 aliphatic heterocycles. The van der Waals surface area contributed by atoms with Crippen LogP contribution >= 0.6 is 11.6 Å². The van der Waals surface area contributed by atoms with Crippen LogP contribution in [-0.2, 0) is 0 Å². The zero-order chi connectivity index (χ0) is 12.8. The van der Waals surface area contributed by atoms with Gasteiger partial charge in [0.1, 0.15) is 0 Å². The maximum atomic E-state index is 6.00. The average molecular weight is 271 g/mol. The van der Waals surface area contributed by atoms with Gasteiger partial charge in [0, 0.05) is 22.5 Å². The van der Waals surface area contributed by atoms with Gasteiger partial charge in [0.25, 0.3) is 0 Å². The molecule has 0 saturated heterocycles. The molecule has 0 atom stereocenters. The minimum absolute atomic E-state index is 0.608. The number of rotatable bonds is 2. The standard InChI is InChI=1S/C14H11ClN4/c15-10-3-4-11-12(7-10)16-6-5-14(11)19-8-13(17-18-19)9-1-2-9/h3-9H,1-2H2. The molecule has 3 aromatic rings. The summed E-state index contributed by atoms with van der Waals surface area (Å²) in [5, 5.41) is 10.2. The predicted molar refractivity (Wildman–Crippen MR) is 73.6 cm³/mol. The Morgan fingerprint density at radius 1 is 1.21 bits per heavy atom. The van der Waals surface area contributed by atoms with E-state index in [2.05, 4.69) is 15.3 Å². The summed E-state index contributed by atoms with van der Waals surface area (Å²) in [4.78, 5) is 4.34. The normalized spacial score (nSPS) is 15.0. The number of fused-ring (bicyclic) bond motifs is 1. The van der Waals surface area contributed by atoms with Gasteiger partial charge in [0.05, 0.1) is 23.1 Å². The molecule has 1 aliphatic carbocycles. The smallest absolute Gasteiger partial charge is 0.0862 e. The highest BCUT2D eigenvalue weighted by atomic mass is 35.5. The van der Waals surface area contributed by atoms with Gasteiger partial charge in [0.15, 0.2) is 0 Å². The molecule has 1 aromatic carbocycles. The summed E-state index contributed by atoms with van der Waals surface area (Å²) >= 11 is 6.00. The Morgan fingerprint density at radius 3 is 2.95 bits per heavy atom. The van der Waals surface area contributed by atoms with Gasteiger partial charge >= 0.3 is 0 Å². The van der Waals surface area contributed by atoms with E-state index >= 15 is 0 Å². The molecule has 94 valence electrons. The molecular formula is C14H11ClN4. The molecule has 5 heteroatoms. The van der Waals surface area contributed by atoms with Crippen molar-refractivity contribution >= 4 is 22.5 Å². The van der Waals surface area contributed by atoms with Crippen molar-refractivity contribution in [1.82, 2.24) is 20.0 Å². The first-order valence-electron chi connectivity index (χ1n) is 6.28. The van der Waals surface area contributed by atoms with Gasteiger partial charge in [-0.15, -0.1) is 5.10 Å². The Hall–Kier alpha value is -1.94. The fourth-order valence-electron chi connectivity index (χ4n) is 2.27. The largest absolute Gasteiger partial charge is 0.256 e. The molecular weight excluding hydrogens is 260 g/mol.